The maximum absolute atomic E-state index is 12.7. The van der Waals surface area contributed by atoms with Gasteiger partial charge in [-0.2, -0.15) is 17.2 Å². The Balaban J connectivity index is 0.000000166. The molecule has 3 nitrogen and oxygen atoms in total. The Labute approximate surface area is 203 Å². The van der Waals surface area contributed by atoms with Gasteiger partial charge >= 0.3 is 15.4 Å². The second-order valence-electron chi connectivity index (χ2n) is 8.82. The average molecular weight is 504 g/mol. The summed E-state index contributed by atoms with van der Waals surface area (Å²) in [5.74, 6) is 0.632. The Bertz CT molecular complexity index is 1060. The Hall–Kier alpha value is -2.22. The van der Waals surface area contributed by atoms with Crippen LogP contribution in [0.2, 0.25) is 0 Å². The third kappa shape index (κ3) is 5.88. The van der Waals surface area contributed by atoms with Gasteiger partial charge in [0.15, 0.2) is 14.7 Å². The molecule has 0 heterocycles. The van der Waals surface area contributed by atoms with Crippen LogP contribution in [0.15, 0.2) is 106 Å². The van der Waals surface area contributed by atoms with E-state index in [9.17, 15) is 17.2 Å². The smallest absolute Gasteiger partial charge is 0.262 e. The molecule has 7 heteroatoms. The summed E-state index contributed by atoms with van der Waals surface area (Å²) in [5, 5.41) is -3.80. The molecule has 0 saturated heterocycles. The molecule has 2 saturated carbocycles. The Morgan fingerprint density at radius 3 is 1.53 bits per heavy atom. The van der Waals surface area contributed by atoms with E-state index in [2.05, 4.69) is 95.2 Å². The minimum absolute atomic E-state index is 0.0146. The monoisotopic (exact) mass is 503 g/mol. The Morgan fingerprint density at radius 1 is 0.765 bits per heavy atom. The van der Waals surface area contributed by atoms with Crippen molar-refractivity contribution in [1.29, 1.82) is 0 Å². The molecule has 3 aromatic rings. The van der Waals surface area contributed by atoms with Gasteiger partial charge in [-0.25, -0.2) is 0 Å². The first-order chi connectivity index (χ1) is 16.2. The maximum atomic E-state index is 12.7. The normalized spacial score (nSPS) is 21.8. The molecule has 2 aliphatic rings. The first-order valence-corrected chi connectivity index (χ1v) is 14.1. The van der Waals surface area contributed by atoms with Gasteiger partial charge in [-0.1, -0.05) is 54.6 Å². The summed E-state index contributed by atoms with van der Waals surface area (Å²) in [4.78, 5) is 4.08. The van der Waals surface area contributed by atoms with Crippen LogP contribution in [0.25, 0.3) is 0 Å². The van der Waals surface area contributed by atoms with Gasteiger partial charge in [0.05, 0.1) is 17.0 Å². The van der Waals surface area contributed by atoms with Crippen LogP contribution in [0.1, 0.15) is 32.6 Å². The lowest BCUT2D eigenvalue weighted by Gasteiger charge is -2.23. The van der Waals surface area contributed by atoms with E-state index in [1.807, 2.05) is 0 Å². The predicted molar refractivity (Wildman–Crippen MR) is 131 cm³/mol. The summed E-state index contributed by atoms with van der Waals surface area (Å²) in [7, 11) is -4.75. The van der Waals surface area contributed by atoms with Crippen molar-refractivity contribution in [3.8, 4) is 0 Å². The van der Waals surface area contributed by atoms with Crippen LogP contribution in [0.4, 0.5) is 8.78 Å². The highest BCUT2D eigenvalue weighted by Crippen LogP contribution is 2.47. The van der Waals surface area contributed by atoms with Gasteiger partial charge in [0.25, 0.3) is 0 Å². The zero-order valence-corrected chi connectivity index (χ0v) is 20.7. The van der Waals surface area contributed by atoms with E-state index in [1.54, 1.807) is 0 Å². The fraction of sp³-hybridized carbons (Fsp3) is 0.333. The summed E-state index contributed by atoms with van der Waals surface area (Å²) in [6.45, 7) is 0.357. The molecule has 34 heavy (non-hydrogen) atoms. The van der Waals surface area contributed by atoms with E-state index < -0.39 is 21.5 Å². The van der Waals surface area contributed by atoms with Crippen molar-refractivity contribution >= 4 is 21.0 Å². The van der Waals surface area contributed by atoms with Crippen LogP contribution in [0.3, 0.4) is 0 Å². The molecule has 3 unspecified atom stereocenters. The largest absolute Gasteiger partial charge is 0.367 e. The van der Waals surface area contributed by atoms with Gasteiger partial charge in [0.1, 0.15) is 0 Å². The van der Waals surface area contributed by atoms with E-state index in [4.69, 9.17) is 0 Å². The summed E-state index contributed by atoms with van der Waals surface area (Å²) >= 11 is 0. The number of hydrogen-bond acceptors (Lipinski definition) is 3. The fourth-order valence-electron chi connectivity index (χ4n) is 4.63. The Morgan fingerprint density at radius 2 is 1.21 bits per heavy atom. The van der Waals surface area contributed by atoms with Crippen molar-refractivity contribution in [3.05, 3.63) is 91.0 Å². The Kier molecular flexibility index (Phi) is 7.75. The first kappa shape index (κ1) is 24.9. The zero-order chi connectivity index (χ0) is 24.2. The molecule has 2 aliphatic carbocycles. The lowest BCUT2D eigenvalue weighted by Crippen LogP contribution is -2.33. The van der Waals surface area contributed by atoms with Crippen molar-refractivity contribution in [2.45, 2.75) is 58.7 Å². The van der Waals surface area contributed by atoms with Crippen molar-refractivity contribution in [3.63, 3.8) is 0 Å². The molecule has 0 aliphatic heterocycles. The van der Waals surface area contributed by atoms with Crippen LogP contribution in [-0.4, -0.2) is 19.8 Å². The SMILES string of the molecule is CC(F)(F)S(=O)(=O)OC1CC2CCC1C2.c1ccc([S+](c2ccccc2)c2ccccc2)cc1. The van der Waals surface area contributed by atoms with Crippen molar-refractivity contribution in [2.75, 3.05) is 0 Å². The molecular formula is C27H29F2O3S2+. The minimum atomic E-state index is -4.74. The maximum Gasteiger partial charge on any atom is 0.367 e. The molecule has 5 rings (SSSR count). The average Bonchev–Trinajstić information content (AvgIpc) is 3.44. The van der Waals surface area contributed by atoms with Gasteiger partial charge in [-0.05, 0) is 73.9 Å². The number of halogens is 2. The number of benzene rings is 3. The van der Waals surface area contributed by atoms with Gasteiger partial charge in [0.2, 0.25) is 0 Å². The third-order valence-corrected chi connectivity index (χ3v) is 9.91. The quantitative estimate of drug-likeness (QED) is 0.271. The summed E-state index contributed by atoms with van der Waals surface area (Å²) in [6, 6.07) is 32.2. The first-order valence-electron chi connectivity index (χ1n) is 11.4. The highest BCUT2D eigenvalue weighted by Gasteiger charge is 2.48. The molecule has 0 aromatic heterocycles. The molecule has 3 atom stereocenters. The molecule has 3 aromatic carbocycles. The van der Waals surface area contributed by atoms with Crippen LogP contribution in [0, 0.1) is 11.8 Å². The van der Waals surface area contributed by atoms with Gasteiger partial charge in [0, 0.05) is 6.92 Å². The van der Waals surface area contributed by atoms with E-state index in [-0.39, 0.29) is 16.8 Å². The molecular weight excluding hydrogens is 474 g/mol. The molecule has 0 spiro atoms. The minimum Gasteiger partial charge on any atom is -0.262 e. The highest BCUT2D eigenvalue weighted by atomic mass is 32.2. The van der Waals surface area contributed by atoms with Crippen LogP contribution >= 0.6 is 0 Å². The fourth-order valence-corrected chi connectivity index (χ4v) is 7.46. The topological polar surface area (TPSA) is 43.4 Å². The molecule has 180 valence electrons. The molecule has 0 N–H and O–H groups in total. The second-order valence-corrected chi connectivity index (χ2v) is 12.7. The van der Waals surface area contributed by atoms with Crippen molar-refractivity contribution < 1.29 is 21.4 Å². The summed E-state index contributed by atoms with van der Waals surface area (Å²) in [5.41, 5.74) is 0. The number of rotatable bonds is 6. The van der Waals surface area contributed by atoms with Crippen LogP contribution < -0.4 is 0 Å². The number of alkyl halides is 2. The molecule has 0 amide bonds. The third-order valence-electron chi connectivity index (χ3n) is 6.30. The molecule has 2 fully saturated rings. The summed E-state index contributed by atoms with van der Waals surface area (Å²) < 4.78 is 52.2. The van der Waals surface area contributed by atoms with Crippen molar-refractivity contribution in [2.24, 2.45) is 11.8 Å². The number of fused-ring (bicyclic) bond motifs is 2. The summed E-state index contributed by atoms with van der Waals surface area (Å²) in [6.07, 6.45) is 3.00. The standard InChI is InChI=1S/C18H15S.C9H14F2O3S/c1-4-10-16(11-5-1)19(17-12-6-2-7-13-17)18-14-8-3-9-15-18;1-9(10,11)15(12,13)14-8-5-6-2-3-7(8)4-6/h1-15H;6-8H,2-5H2,1H3/q+1;. The van der Waals surface area contributed by atoms with E-state index in [0.717, 1.165) is 19.3 Å². The number of hydrogen-bond donors (Lipinski definition) is 0. The van der Waals surface area contributed by atoms with E-state index in [0.29, 0.717) is 19.3 Å². The van der Waals surface area contributed by atoms with E-state index >= 15 is 0 Å². The molecule has 2 bridgehead atoms. The van der Waals surface area contributed by atoms with Crippen LogP contribution in [0.5, 0.6) is 0 Å². The van der Waals surface area contributed by atoms with E-state index in [1.165, 1.54) is 14.7 Å². The second kappa shape index (κ2) is 10.6. The van der Waals surface area contributed by atoms with Crippen molar-refractivity contribution in [1.82, 2.24) is 0 Å². The lowest BCUT2D eigenvalue weighted by molar-refractivity contribution is 0.0685. The van der Waals surface area contributed by atoms with Gasteiger partial charge in [-0.3, -0.25) is 4.18 Å². The van der Waals surface area contributed by atoms with Gasteiger partial charge in [-0.15, -0.1) is 0 Å². The van der Waals surface area contributed by atoms with Crippen LogP contribution in [-0.2, 0) is 25.2 Å². The predicted octanol–water partition coefficient (Wildman–Crippen LogP) is 6.92. The lowest BCUT2D eigenvalue weighted by atomic mass is 9.98. The highest BCUT2D eigenvalue weighted by molar-refractivity contribution is 7.97. The van der Waals surface area contributed by atoms with Gasteiger partial charge < -0.3 is 0 Å². The molecule has 0 radical (unpaired) electrons. The zero-order valence-electron chi connectivity index (χ0n) is 19.0.